The van der Waals surface area contributed by atoms with Gasteiger partial charge in [-0.05, 0) is 81.1 Å². The molecule has 1 fully saturated rings. The van der Waals surface area contributed by atoms with Crippen molar-refractivity contribution in [2.75, 3.05) is 18.4 Å². The lowest BCUT2D eigenvalue weighted by atomic mass is 9.92. The summed E-state index contributed by atoms with van der Waals surface area (Å²) >= 11 is 0. The number of hydrogen-bond donors (Lipinski definition) is 1. The zero-order valence-electron chi connectivity index (χ0n) is 16.8. The number of carbonyl (C=O) groups excluding carboxylic acids is 1. The smallest absolute Gasteiger partial charge is 0.255 e. The van der Waals surface area contributed by atoms with Crippen molar-refractivity contribution in [3.63, 3.8) is 0 Å². The van der Waals surface area contributed by atoms with Crippen molar-refractivity contribution in [1.29, 1.82) is 5.26 Å². The molecule has 6 heteroatoms. The summed E-state index contributed by atoms with van der Waals surface area (Å²) in [5, 5.41) is 12.4. The summed E-state index contributed by atoms with van der Waals surface area (Å²) in [4.78, 5) is 15.3. The van der Waals surface area contributed by atoms with Crippen molar-refractivity contribution in [3.05, 3.63) is 58.7 Å². The number of hydrogen-bond acceptors (Lipinski definition) is 4. The third kappa shape index (κ3) is 4.39. The molecular formula is C23H26ClN3O2. The summed E-state index contributed by atoms with van der Waals surface area (Å²) in [5.74, 6) is 0.288. The fourth-order valence-corrected chi connectivity index (χ4v) is 4.24. The monoisotopic (exact) mass is 411 g/mol. The van der Waals surface area contributed by atoms with Gasteiger partial charge in [0.15, 0.2) is 0 Å². The van der Waals surface area contributed by atoms with Crippen molar-refractivity contribution in [2.45, 2.75) is 45.3 Å². The zero-order valence-corrected chi connectivity index (χ0v) is 17.6. The molecule has 2 aliphatic heterocycles. The molecule has 1 amide bonds. The highest BCUT2D eigenvalue weighted by molar-refractivity contribution is 6.04. The molecule has 0 aromatic heterocycles. The molecule has 5 nitrogen and oxygen atoms in total. The molecule has 152 valence electrons. The Labute approximate surface area is 178 Å². The van der Waals surface area contributed by atoms with Crippen LogP contribution in [0.5, 0.6) is 5.75 Å². The van der Waals surface area contributed by atoms with Crippen LogP contribution in [0.3, 0.4) is 0 Å². The first kappa shape index (κ1) is 21.2. The van der Waals surface area contributed by atoms with Crippen LogP contribution in [0.2, 0.25) is 0 Å². The van der Waals surface area contributed by atoms with Gasteiger partial charge >= 0.3 is 0 Å². The molecular weight excluding hydrogens is 386 g/mol. The van der Waals surface area contributed by atoms with Crippen LogP contribution in [0, 0.1) is 11.3 Å². The third-order valence-electron chi connectivity index (χ3n) is 5.52. The Bertz CT molecular complexity index is 952. The number of carbonyl (C=O) groups is 1. The summed E-state index contributed by atoms with van der Waals surface area (Å²) in [6.07, 6.45) is 3.47. The van der Waals surface area contributed by atoms with Gasteiger partial charge < -0.3 is 10.1 Å². The lowest BCUT2D eigenvalue weighted by Crippen LogP contribution is -2.31. The van der Waals surface area contributed by atoms with Gasteiger partial charge in [-0.1, -0.05) is 6.07 Å². The molecule has 1 atom stereocenters. The molecule has 0 spiro atoms. The van der Waals surface area contributed by atoms with Crippen molar-refractivity contribution < 1.29 is 9.53 Å². The first-order valence-electron chi connectivity index (χ1n) is 9.94. The highest BCUT2D eigenvalue weighted by Gasteiger charge is 2.31. The minimum absolute atomic E-state index is 0. The fraction of sp³-hybridized carbons (Fsp3) is 0.391. The zero-order chi connectivity index (χ0) is 19.7. The summed E-state index contributed by atoms with van der Waals surface area (Å²) < 4.78 is 5.63. The Morgan fingerprint density at radius 2 is 2.07 bits per heavy atom. The van der Waals surface area contributed by atoms with Crippen LogP contribution < -0.4 is 10.1 Å². The van der Waals surface area contributed by atoms with Crippen LogP contribution in [0.25, 0.3) is 0 Å². The lowest BCUT2D eigenvalue weighted by Gasteiger charge is -2.32. The number of fused-ring (bicyclic) bond motifs is 3. The number of amides is 1. The number of nitrogens with one attached hydrogen (secondary N) is 1. The third-order valence-corrected chi connectivity index (χ3v) is 5.52. The van der Waals surface area contributed by atoms with E-state index in [2.05, 4.69) is 28.4 Å². The van der Waals surface area contributed by atoms with E-state index in [1.807, 2.05) is 19.9 Å². The Hall–Kier alpha value is -2.55. The van der Waals surface area contributed by atoms with E-state index in [1.165, 1.54) is 30.5 Å². The summed E-state index contributed by atoms with van der Waals surface area (Å²) in [6.45, 7) is 6.11. The van der Waals surface area contributed by atoms with E-state index < -0.39 is 0 Å². The molecule has 2 aliphatic rings. The van der Waals surface area contributed by atoms with E-state index in [9.17, 15) is 10.1 Å². The van der Waals surface area contributed by atoms with E-state index >= 15 is 0 Å². The minimum Gasteiger partial charge on any atom is -0.490 e. The number of anilines is 1. The van der Waals surface area contributed by atoms with Gasteiger partial charge in [-0.25, -0.2) is 0 Å². The van der Waals surface area contributed by atoms with Crippen molar-refractivity contribution in [3.8, 4) is 11.8 Å². The van der Waals surface area contributed by atoms with Crippen LogP contribution in [0.1, 0.15) is 59.8 Å². The molecule has 0 aliphatic carbocycles. The number of rotatable bonds is 4. The van der Waals surface area contributed by atoms with Gasteiger partial charge in [0.1, 0.15) is 11.8 Å². The maximum atomic E-state index is 12.7. The van der Waals surface area contributed by atoms with Gasteiger partial charge in [0, 0.05) is 23.8 Å². The number of halogens is 1. The average Bonchev–Trinajstić information content (AvgIpc) is 3.17. The molecule has 0 radical (unpaired) electrons. The molecule has 29 heavy (non-hydrogen) atoms. The van der Waals surface area contributed by atoms with Gasteiger partial charge in [0.25, 0.3) is 5.91 Å². The van der Waals surface area contributed by atoms with Gasteiger partial charge in [0.05, 0.1) is 11.7 Å². The van der Waals surface area contributed by atoms with Gasteiger partial charge in [-0.2, -0.15) is 5.26 Å². The Balaban J connectivity index is 0.00000240. The molecule has 1 saturated heterocycles. The Kier molecular flexibility index (Phi) is 6.46. The van der Waals surface area contributed by atoms with Gasteiger partial charge in [-0.15, -0.1) is 12.4 Å². The number of benzene rings is 2. The number of nitrogens with zero attached hydrogens (tertiary/aromatic N) is 2. The van der Waals surface area contributed by atoms with E-state index in [-0.39, 0.29) is 24.4 Å². The van der Waals surface area contributed by atoms with E-state index in [0.717, 1.165) is 18.7 Å². The fourth-order valence-electron chi connectivity index (χ4n) is 4.24. The van der Waals surface area contributed by atoms with Crippen LogP contribution in [0.4, 0.5) is 5.69 Å². The predicted molar refractivity (Wildman–Crippen MR) is 116 cm³/mol. The standard InChI is InChI=1S/C23H25N3O2.ClH/c1-15(2)28-22-8-6-17(12-18(22)14-24)23(27)25-19-7-5-16-9-11-26-10-3-4-21(26)20(16)13-19;/h5-8,12-13,15,21H,3-4,9-11H2,1-2H3,(H,25,27);1H. The predicted octanol–water partition coefficient (Wildman–Crippen LogP) is 4.71. The maximum Gasteiger partial charge on any atom is 0.255 e. The largest absolute Gasteiger partial charge is 0.490 e. The first-order valence-corrected chi connectivity index (χ1v) is 9.94. The SMILES string of the molecule is CC(C)Oc1ccc(C(=O)Nc2ccc3c(c2)C2CCCN2CC3)cc1C#N.Cl. The lowest BCUT2D eigenvalue weighted by molar-refractivity contribution is 0.102. The van der Waals surface area contributed by atoms with Gasteiger partial charge in [-0.3, -0.25) is 9.69 Å². The van der Waals surface area contributed by atoms with Crippen LogP contribution in [-0.2, 0) is 6.42 Å². The number of ether oxygens (including phenoxy) is 1. The second-order valence-corrected chi connectivity index (χ2v) is 7.80. The van der Waals surface area contributed by atoms with E-state index in [4.69, 9.17) is 4.74 Å². The Morgan fingerprint density at radius 3 is 2.83 bits per heavy atom. The van der Waals surface area contributed by atoms with Gasteiger partial charge in [0.2, 0.25) is 0 Å². The molecule has 2 aromatic rings. The first-order chi connectivity index (χ1) is 13.5. The molecule has 4 rings (SSSR count). The molecule has 2 heterocycles. The quantitative estimate of drug-likeness (QED) is 0.791. The maximum absolute atomic E-state index is 12.7. The summed E-state index contributed by atoms with van der Waals surface area (Å²) in [7, 11) is 0. The molecule has 2 aromatic carbocycles. The van der Waals surface area contributed by atoms with Crippen molar-refractivity contribution in [1.82, 2.24) is 4.90 Å². The molecule has 0 bridgehead atoms. The molecule has 0 saturated carbocycles. The molecule has 1 N–H and O–H groups in total. The van der Waals surface area contributed by atoms with E-state index in [0.29, 0.717) is 22.9 Å². The average molecular weight is 412 g/mol. The highest BCUT2D eigenvalue weighted by Crippen LogP contribution is 2.38. The minimum atomic E-state index is -0.216. The van der Waals surface area contributed by atoms with Crippen molar-refractivity contribution in [2.24, 2.45) is 0 Å². The summed E-state index contributed by atoms with van der Waals surface area (Å²) in [5.41, 5.74) is 4.36. The van der Waals surface area contributed by atoms with Crippen LogP contribution >= 0.6 is 12.4 Å². The summed E-state index contributed by atoms with van der Waals surface area (Å²) in [6, 6.07) is 13.8. The highest BCUT2D eigenvalue weighted by atomic mass is 35.5. The van der Waals surface area contributed by atoms with Crippen LogP contribution in [0.15, 0.2) is 36.4 Å². The van der Waals surface area contributed by atoms with Crippen LogP contribution in [-0.4, -0.2) is 30.0 Å². The Morgan fingerprint density at radius 1 is 1.24 bits per heavy atom. The molecule has 1 unspecified atom stereocenters. The normalized spacial score (nSPS) is 17.7. The van der Waals surface area contributed by atoms with E-state index in [1.54, 1.807) is 18.2 Å². The second-order valence-electron chi connectivity index (χ2n) is 7.80. The van der Waals surface area contributed by atoms with Crippen molar-refractivity contribution >= 4 is 24.0 Å². The second kappa shape index (κ2) is 8.86. The topological polar surface area (TPSA) is 65.4 Å². The number of nitriles is 1.